The van der Waals surface area contributed by atoms with Crippen molar-refractivity contribution in [2.45, 2.75) is 25.3 Å². The van der Waals surface area contributed by atoms with Gasteiger partial charge in [0.1, 0.15) is 17.5 Å². The standard InChI is InChI=1S/C21H24IN7/c1-23-16-8-12-29(13-9-16)17-4-2-15(3-5-17)14-20-24-10-6-18(27-20)26-19-7-11-25-21(22)28-19/h2-7,10-11,16,23H,8-9,12-14H2,1H3,(H,24,25,26,27,28). The van der Waals surface area contributed by atoms with Crippen LogP contribution in [0, 0.1) is 3.83 Å². The van der Waals surface area contributed by atoms with E-state index in [4.69, 9.17) is 0 Å². The minimum atomic E-state index is 0.648. The van der Waals surface area contributed by atoms with E-state index in [0.717, 1.165) is 30.5 Å². The minimum absolute atomic E-state index is 0.648. The first-order valence-electron chi connectivity index (χ1n) is 9.78. The maximum Gasteiger partial charge on any atom is 0.192 e. The Bertz CT molecular complexity index is 940. The number of aromatic nitrogens is 4. The molecule has 1 aliphatic rings. The molecule has 0 saturated carbocycles. The van der Waals surface area contributed by atoms with Crippen LogP contribution in [-0.4, -0.2) is 46.1 Å². The number of nitrogens with one attached hydrogen (secondary N) is 2. The molecule has 1 aromatic carbocycles. The second kappa shape index (κ2) is 9.45. The molecule has 0 unspecified atom stereocenters. The van der Waals surface area contributed by atoms with Gasteiger partial charge in [0.05, 0.1) is 0 Å². The number of nitrogens with zero attached hydrogens (tertiary/aromatic N) is 5. The summed E-state index contributed by atoms with van der Waals surface area (Å²) in [4.78, 5) is 19.9. The van der Waals surface area contributed by atoms with Gasteiger partial charge in [0, 0.05) is 66.2 Å². The summed E-state index contributed by atoms with van der Waals surface area (Å²) >= 11 is 2.09. The molecule has 2 aromatic heterocycles. The molecule has 29 heavy (non-hydrogen) atoms. The maximum atomic E-state index is 4.62. The Morgan fingerprint density at radius 2 is 1.66 bits per heavy atom. The van der Waals surface area contributed by atoms with Crippen LogP contribution in [0.15, 0.2) is 48.8 Å². The third-order valence-corrected chi connectivity index (χ3v) is 5.67. The highest BCUT2D eigenvalue weighted by Gasteiger charge is 2.17. The first-order valence-corrected chi connectivity index (χ1v) is 10.9. The molecule has 1 saturated heterocycles. The number of hydrogen-bond donors (Lipinski definition) is 2. The second-order valence-corrected chi connectivity index (χ2v) is 8.05. The monoisotopic (exact) mass is 501 g/mol. The molecule has 1 fully saturated rings. The van der Waals surface area contributed by atoms with E-state index in [1.807, 2.05) is 12.1 Å². The van der Waals surface area contributed by atoms with Crippen LogP contribution >= 0.6 is 22.6 Å². The van der Waals surface area contributed by atoms with Crippen molar-refractivity contribution in [3.63, 3.8) is 0 Å². The van der Waals surface area contributed by atoms with Gasteiger partial charge < -0.3 is 15.5 Å². The summed E-state index contributed by atoms with van der Waals surface area (Å²) in [6, 6.07) is 13.1. The number of halogens is 1. The van der Waals surface area contributed by atoms with Gasteiger partial charge in [0.25, 0.3) is 0 Å². The van der Waals surface area contributed by atoms with Crippen LogP contribution in [0.2, 0.25) is 0 Å². The van der Waals surface area contributed by atoms with Crippen LogP contribution in [0.4, 0.5) is 17.3 Å². The molecular weight excluding hydrogens is 477 g/mol. The van der Waals surface area contributed by atoms with Crippen molar-refractivity contribution in [2.75, 3.05) is 30.4 Å². The Labute approximate surface area is 184 Å². The van der Waals surface area contributed by atoms with E-state index in [9.17, 15) is 0 Å². The van der Waals surface area contributed by atoms with E-state index < -0.39 is 0 Å². The fraction of sp³-hybridized carbons (Fsp3) is 0.333. The van der Waals surface area contributed by atoms with E-state index in [2.05, 4.69) is 89.4 Å². The van der Waals surface area contributed by atoms with E-state index in [-0.39, 0.29) is 0 Å². The van der Waals surface area contributed by atoms with Crippen LogP contribution in [0.3, 0.4) is 0 Å². The third-order valence-electron chi connectivity index (χ3n) is 5.15. The highest BCUT2D eigenvalue weighted by Crippen LogP contribution is 2.21. The first-order chi connectivity index (χ1) is 14.2. The molecule has 8 heteroatoms. The Morgan fingerprint density at radius 1 is 0.966 bits per heavy atom. The molecule has 3 aromatic rings. The zero-order chi connectivity index (χ0) is 20.1. The average molecular weight is 501 g/mol. The van der Waals surface area contributed by atoms with Crippen LogP contribution in [0.25, 0.3) is 0 Å². The molecule has 0 radical (unpaired) electrons. The van der Waals surface area contributed by atoms with Gasteiger partial charge in [-0.15, -0.1) is 0 Å². The van der Waals surface area contributed by atoms with Crippen molar-refractivity contribution in [3.05, 3.63) is 64.0 Å². The Morgan fingerprint density at radius 3 is 2.34 bits per heavy atom. The van der Waals surface area contributed by atoms with E-state index in [0.29, 0.717) is 16.3 Å². The molecule has 0 amide bonds. The normalized spacial score (nSPS) is 14.8. The van der Waals surface area contributed by atoms with Gasteiger partial charge in [-0.2, -0.15) is 0 Å². The Kier molecular flexibility index (Phi) is 6.50. The predicted octanol–water partition coefficient (Wildman–Crippen LogP) is 3.39. The molecule has 0 aliphatic carbocycles. The lowest BCUT2D eigenvalue weighted by molar-refractivity contribution is 0.442. The highest BCUT2D eigenvalue weighted by atomic mass is 127. The van der Waals surface area contributed by atoms with Crippen molar-refractivity contribution >= 4 is 39.9 Å². The molecule has 1 aliphatic heterocycles. The van der Waals surface area contributed by atoms with E-state index in [1.54, 1.807) is 12.4 Å². The number of rotatable bonds is 6. The molecule has 4 rings (SSSR count). The summed E-state index contributed by atoms with van der Waals surface area (Å²) in [5.41, 5.74) is 2.49. The first kappa shape index (κ1) is 20.0. The van der Waals surface area contributed by atoms with Crippen LogP contribution < -0.4 is 15.5 Å². The van der Waals surface area contributed by atoms with Gasteiger partial charge in [-0.1, -0.05) is 12.1 Å². The maximum absolute atomic E-state index is 4.62. The van der Waals surface area contributed by atoms with Crippen molar-refractivity contribution in [1.29, 1.82) is 0 Å². The van der Waals surface area contributed by atoms with Crippen molar-refractivity contribution in [3.8, 4) is 0 Å². The quantitative estimate of drug-likeness (QED) is 0.396. The second-order valence-electron chi connectivity index (χ2n) is 7.09. The Hall–Kier alpha value is -2.33. The van der Waals surface area contributed by atoms with Crippen molar-refractivity contribution in [1.82, 2.24) is 25.3 Å². The van der Waals surface area contributed by atoms with Crippen LogP contribution in [-0.2, 0) is 6.42 Å². The van der Waals surface area contributed by atoms with Gasteiger partial charge in [0.15, 0.2) is 3.83 Å². The lowest BCUT2D eigenvalue weighted by Gasteiger charge is -2.33. The smallest absolute Gasteiger partial charge is 0.192 e. The summed E-state index contributed by atoms with van der Waals surface area (Å²) in [7, 11) is 2.05. The lowest BCUT2D eigenvalue weighted by atomic mass is 10.0. The third kappa shape index (κ3) is 5.39. The van der Waals surface area contributed by atoms with Crippen molar-refractivity contribution < 1.29 is 0 Å². The fourth-order valence-corrected chi connectivity index (χ4v) is 3.94. The van der Waals surface area contributed by atoms with Gasteiger partial charge in [-0.05, 0) is 49.7 Å². The number of anilines is 3. The Balaban J connectivity index is 1.39. The zero-order valence-corrected chi connectivity index (χ0v) is 18.5. The van der Waals surface area contributed by atoms with Crippen LogP contribution in [0.5, 0.6) is 0 Å². The zero-order valence-electron chi connectivity index (χ0n) is 16.3. The molecule has 3 heterocycles. The molecule has 150 valence electrons. The summed E-state index contributed by atoms with van der Waals surface area (Å²) in [6.45, 7) is 2.20. The summed E-state index contributed by atoms with van der Waals surface area (Å²) in [5.74, 6) is 2.23. The summed E-state index contributed by atoms with van der Waals surface area (Å²) < 4.78 is 0.692. The van der Waals surface area contributed by atoms with Gasteiger partial charge in [-0.3, -0.25) is 0 Å². The molecule has 0 spiro atoms. The van der Waals surface area contributed by atoms with Gasteiger partial charge in [-0.25, -0.2) is 19.9 Å². The topological polar surface area (TPSA) is 78.9 Å². The minimum Gasteiger partial charge on any atom is -0.371 e. The van der Waals surface area contributed by atoms with E-state index in [1.165, 1.54) is 24.1 Å². The molecule has 7 nitrogen and oxygen atoms in total. The highest BCUT2D eigenvalue weighted by molar-refractivity contribution is 14.1. The molecule has 2 N–H and O–H groups in total. The number of benzene rings is 1. The summed E-state index contributed by atoms with van der Waals surface area (Å²) in [6.07, 6.45) is 6.58. The SMILES string of the molecule is CNC1CCN(c2ccc(Cc3nccc(Nc4ccnc(I)n4)n3)cc2)CC1. The number of hydrogen-bond acceptors (Lipinski definition) is 7. The lowest BCUT2D eigenvalue weighted by Crippen LogP contribution is -2.41. The van der Waals surface area contributed by atoms with Crippen LogP contribution in [0.1, 0.15) is 24.2 Å². The average Bonchev–Trinajstić information content (AvgIpc) is 2.75. The predicted molar refractivity (Wildman–Crippen MR) is 124 cm³/mol. The number of piperidine rings is 1. The van der Waals surface area contributed by atoms with Crippen molar-refractivity contribution in [2.24, 2.45) is 0 Å². The fourth-order valence-electron chi connectivity index (χ4n) is 3.52. The summed E-state index contributed by atoms with van der Waals surface area (Å²) in [5, 5.41) is 6.59. The molecular formula is C21H24IN7. The largest absolute Gasteiger partial charge is 0.371 e. The van der Waals surface area contributed by atoms with Gasteiger partial charge >= 0.3 is 0 Å². The van der Waals surface area contributed by atoms with Gasteiger partial charge in [0.2, 0.25) is 0 Å². The molecule has 0 atom stereocenters. The molecule has 0 bridgehead atoms. The van der Waals surface area contributed by atoms with E-state index >= 15 is 0 Å².